The molecule has 0 radical (unpaired) electrons. The molecule has 6 nitrogen and oxygen atoms in total. The van der Waals surface area contributed by atoms with Crippen LogP contribution in [-0.4, -0.2) is 49.5 Å². The number of piperidine rings is 1. The van der Waals surface area contributed by atoms with Crippen molar-refractivity contribution in [2.45, 2.75) is 32.4 Å². The first-order valence-corrected chi connectivity index (χ1v) is 10.9. The van der Waals surface area contributed by atoms with Crippen LogP contribution in [0.5, 0.6) is 5.75 Å². The molecule has 1 saturated heterocycles. The predicted octanol–water partition coefficient (Wildman–Crippen LogP) is 3.11. The van der Waals surface area contributed by atoms with Gasteiger partial charge in [0.1, 0.15) is 11.6 Å². The molecule has 0 saturated carbocycles. The lowest BCUT2D eigenvalue weighted by molar-refractivity contribution is -0.126. The Morgan fingerprint density at radius 2 is 1.73 bits per heavy atom. The predicted molar refractivity (Wildman–Crippen MR) is 117 cm³/mol. The lowest BCUT2D eigenvalue weighted by atomic mass is 9.96. The Morgan fingerprint density at radius 3 is 2.39 bits per heavy atom. The molecule has 2 N–H and O–H groups in total. The van der Waals surface area contributed by atoms with Gasteiger partial charge in [-0.2, -0.15) is 8.78 Å². The first-order chi connectivity index (χ1) is 15.9. The van der Waals surface area contributed by atoms with E-state index in [2.05, 4.69) is 15.4 Å². The Balaban J connectivity index is 1.32. The largest absolute Gasteiger partial charge is 0.435 e. The second kappa shape index (κ2) is 12.2. The fraction of sp³-hybridized carbons (Fsp3) is 0.417. The zero-order chi connectivity index (χ0) is 23.6. The number of carbonyl (C=O) groups excluding carboxylic acids is 2. The van der Waals surface area contributed by atoms with Crippen LogP contribution in [0.1, 0.15) is 24.0 Å². The SMILES string of the molecule is O=C(CN1CCC(C(=O)NCCc2ccccc2F)CC1)NCc1ccc(OC(F)F)cc1. The van der Waals surface area contributed by atoms with Gasteiger partial charge in [0.2, 0.25) is 11.8 Å². The van der Waals surface area contributed by atoms with E-state index in [-0.39, 0.29) is 42.4 Å². The number of halogens is 3. The molecule has 2 amide bonds. The molecule has 0 spiro atoms. The summed E-state index contributed by atoms with van der Waals surface area (Å²) in [6.07, 6.45) is 1.76. The molecule has 1 fully saturated rings. The maximum atomic E-state index is 13.6. The number of rotatable bonds is 10. The molecule has 2 aromatic rings. The standard InChI is InChI=1S/C24H28F3N3O3/c25-21-4-2-1-3-18(21)9-12-28-23(32)19-10-13-30(14-11-19)16-22(31)29-15-17-5-7-20(8-6-17)33-24(26)27/h1-8,19,24H,9-16H2,(H,28,32)(H,29,31). The van der Waals surface area contributed by atoms with E-state index in [1.165, 1.54) is 18.2 Å². The van der Waals surface area contributed by atoms with E-state index < -0.39 is 6.61 Å². The van der Waals surface area contributed by atoms with Crippen LogP contribution < -0.4 is 15.4 Å². The number of hydrogen-bond acceptors (Lipinski definition) is 4. The van der Waals surface area contributed by atoms with Crippen LogP contribution in [-0.2, 0) is 22.6 Å². The number of ether oxygens (including phenoxy) is 1. The summed E-state index contributed by atoms with van der Waals surface area (Å²) in [4.78, 5) is 26.6. The lowest BCUT2D eigenvalue weighted by Crippen LogP contribution is -2.44. The minimum absolute atomic E-state index is 0.0327. The number of carbonyl (C=O) groups is 2. The van der Waals surface area contributed by atoms with Crippen molar-refractivity contribution in [1.29, 1.82) is 0 Å². The molecule has 2 aromatic carbocycles. The third kappa shape index (κ3) is 8.09. The molecular formula is C24H28F3N3O3. The average Bonchev–Trinajstić information content (AvgIpc) is 2.80. The quantitative estimate of drug-likeness (QED) is 0.568. The van der Waals surface area contributed by atoms with Crippen LogP contribution in [0.15, 0.2) is 48.5 Å². The molecule has 0 aromatic heterocycles. The molecule has 33 heavy (non-hydrogen) atoms. The van der Waals surface area contributed by atoms with Gasteiger partial charge in [0.15, 0.2) is 0 Å². The second-order valence-electron chi connectivity index (χ2n) is 7.98. The van der Waals surface area contributed by atoms with E-state index in [0.717, 1.165) is 5.56 Å². The third-order valence-electron chi connectivity index (χ3n) is 5.62. The first-order valence-electron chi connectivity index (χ1n) is 10.9. The Kier molecular flexibility index (Phi) is 9.12. The van der Waals surface area contributed by atoms with Gasteiger partial charge in [0, 0.05) is 19.0 Å². The Bertz CT molecular complexity index is 917. The van der Waals surface area contributed by atoms with Crippen molar-refractivity contribution < 1.29 is 27.5 Å². The number of nitrogens with one attached hydrogen (secondary N) is 2. The van der Waals surface area contributed by atoms with Gasteiger partial charge in [0.25, 0.3) is 0 Å². The van der Waals surface area contributed by atoms with Gasteiger partial charge in [-0.25, -0.2) is 4.39 Å². The van der Waals surface area contributed by atoms with Crippen LogP contribution in [0.3, 0.4) is 0 Å². The first kappa shape index (κ1) is 24.6. The van der Waals surface area contributed by atoms with Gasteiger partial charge in [-0.05, 0) is 61.7 Å². The number of alkyl halides is 2. The minimum Gasteiger partial charge on any atom is -0.435 e. The summed E-state index contributed by atoms with van der Waals surface area (Å²) in [6, 6.07) is 12.6. The highest BCUT2D eigenvalue weighted by Gasteiger charge is 2.25. The molecule has 9 heteroatoms. The van der Waals surface area contributed by atoms with Crippen molar-refractivity contribution in [3.05, 3.63) is 65.5 Å². The summed E-state index contributed by atoms with van der Waals surface area (Å²) in [5, 5.41) is 5.69. The molecule has 1 heterocycles. The topological polar surface area (TPSA) is 70.7 Å². The average molecular weight is 464 g/mol. The van der Waals surface area contributed by atoms with Gasteiger partial charge in [-0.15, -0.1) is 0 Å². The highest BCUT2D eigenvalue weighted by molar-refractivity contribution is 5.79. The monoisotopic (exact) mass is 463 g/mol. The van der Waals surface area contributed by atoms with Crippen LogP contribution in [0.25, 0.3) is 0 Å². The number of likely N-dealkylation sites (tertiary alicyclic amines) is 1. The van der Waals surface area contributed by atoms with Gasteiger partial charge in [-0.3, -0.25) is 14.5 Å². The fourth-order valence-corrected chi connectivity index (χ4v) is 3.77. The van der Waals surface area contributed by atoms with Crippen LogP contribution in [0.2, 0.25) is 0 Å². The van der Waals surface area contributed by atoms with Crippen molar-refractivity contribution in [3.63, 3.8) is 0 Å². The summed E-state index contributed by atoms with van der Waals surface area (Å²) in [7, 11) is 0. The van der Waals surface area contributed by atoms with Crippen LogP contribution >= 0.6 is 0 Å². The smallest absolute Gasteiger partial charge is 0.387 e. The van der Waals surface area contributed by atoms with E-state index in [9.17, 15) is 22.8 Å². The summed E-state index contributed by atoms with van der Waals surface area (Å²) >= 11 is 0. The Hall–Kier alpha value is -3.07. The van der Waals surface area contributed by atoms with Crippen molar-refractivity contribution in [1.82, 2.24) is 15.5 Å². The number of hydrogen-bond donors (Lipinski definition) is 2. The molecule has 3 rings (SSSR count). The Labute approximate surface area is 191 Å². The van der Waals surface area contributed by atoms with E-state index in [1.54, 1.807) is 30.3 Å². The molecule has 178 valence electrons. The molecular weight excluding hydrogens is 435 g/mol. The summed E-state index contributed by atoms with van der Waals surface area (Å²) in [5.41, 5.74) is 1.35. The third-order valence-corrected chi connectivity index (χ3v) is 5.62. The van der Waals surface area contributed by atoms with Crippen molar-refractivity contribution in [2.24, 2.45) is 5.92 Å². The van der Waals surface area contributed by atoms with Gasteiger partial charge in [0.05, 0.1) is 6.54 Å². The minimum atomic E-state index is -2.87. The van der Waals surface area contributed by atoms with Crippen LogP contribution in [0, 0.1) is 11.7 Å². The second-order valence-corrected chi connectivity index (χ2v) is 7.98. The van der Waals surface area contributed by atoms with Crippen molar-refractivity contribution in [3.8, 4) is 5.75 Å². The zero-order valence-corrected chi connectivity index (χ0v) is 18.2. The summed E-state index contributed by atoms with van der Waals surface area (Å²) < 4.78 is 42.3. The van der Waals surface area contributed by atoms with E-state index >= 15 is 0 Å². The lowest BCUT2D eigenvalue weighted by Gasteiger charge is -2.30. The fourth-order valence-electron chi connectivity index (χ4n) is 3.77. The normalized spacial score (nSPS) is 14.8. The van der Waals surface area contributed by atoms with Crippen molar-refractivity contribution in [2.75, 3.05) is 26.2 Å². The van der Waals surface area contributed by atoms with E-state index in [1.807, 2.05) is 4.90 Å². The summed E-state index contributed by atoms with van der Waals surface area (Å²) in [5.74, 6) is -0.486. The molecule has 0 aliphatic carbocycles. The Morgan fingerprint density at radius 1 is 1.03 bits per heavy atom. The molecule has 1 aliphatic heterocycles. The van der Waals surface area contributed by atoms with E-state index in [4.69, 9.17) is 0 Å². The number of amides is 2. The molecule has 0 atom stereocenters. The molecule has 0 bridgehead atoms. The summed E-state index contributed by atoms with van der Waals surface area (Å²) in [6.45, 7) is -0.693. The number of benzene rings is 2. The highest BCUT2D eigenvalue weighted by atomic mass is 19.3. The number of nitrogens with zero attached hydrogens (tertiary/aromatic N) is 1. The maximum Gasteiger partial charge on any atom is 0.387 e. The van der Waals surface area contributed by atoms with E-state index in [0.29, 0.717) is 44.5 Å². The molecule has 1 aliphatic rings. The van der Waals surface area contributed by atoms with Gasteiger partial charge < -0.3 is 15.4 Å². The van der Waals surface area contributed by atoms with Crippen LogP contribution in [0.4, 0.5) is 13.2 Å². The zero-order valence-electron chi connectivity index (χ0n) is 18.2. The maximum absolute atomic E-state index is 13.6. The van der Waals surface area contributed by atoms with Gasteiger partial charge in [-0.1, -0.05) is 30.3 Å². The molecule has 0 unspecified atom stereocenters. The van der Waals surface area contributed by atoms with Gasteiger partial charge >= 0.3 is 6.61 Å². The van der Waals surface area contributed by atoms with Crippen molar-refractivity contribution >= 4 is 11.8 Å². The highest BCUT2D eigenvalue weighted by Crippen LogP contribution is 2.18.